The predicted octanol–water partition coefficient (Wildman–Crippen LogP) is 3.39. The number of nitrogens with one attached hydrogen (secondary N) is 1. The Morgan fingerprint density at radius 1 is 1.33 bits per heavy atom. The fourth-order valence-corrected chi connectivity index (χ4v) is 4.82. The second-order valence-electron chi connectivity index (χ2n) is 6.57. The number of rotatable bonds is 5. The molecule has 2 aromatic heterocycles. The molecule has 0 fully saturated rings. The van der Waals surface area contributed by atoms with Crippen LogP contribution in [0, 0.1) is 0 Å². The van der Waals surface area contributed by atoms with E-state index in [2.05, 4.69) is 33.7 Å². The lowest BCUT2D eigenvalue weighted by Crippen LogP contribution is -2.36. The number of hydrogen-bond donors (Lipinski definition) is 2. The van der Waals surface area contributed by atoms with Crippen LogP contribution in [0.4, 0.5) is 0 Å². The van der Waals surface area contributed by atoms with Crippen molar-refractivity contribution < 1.29 is 4.79 Å². The van der Waals surface area contributed by atoms with Gasteiger partial charge in [-0.25, -0.2) is 4.68 Å². The van der Waals surface area contributed by atoms with Crippen molar-refractivity contribution in [2.45, 2.75) is 42.6 Å². The Labute approximate surface area is 166 Å². The molecule has 8 heteroatoms. The second kappa shape index (κ2) is 7.74. The molecule has 4 rings (SSSR count). The standard InChI is InChI=1S/C19H21N5OS2/c1-12(27-19-23-22-17(24(19)20)16-10-5-11-26-16)18(25)21-15-9-4-7-13-6-2-3-8-14(13)15/h2-3,5-6,8,10-12,15H,4,7,9,20H2,1H3,(H,21,25)/t12-,15+/m1/s1. The van der Waals surface area contributed by atoms with Gasteiger partial charge in [-0.2, -0.15) is 0 Å². The summed E-state index contributed by atoms with van der Waals surface area (Å²) in [7, 11) is 0. The van der Waals surface area contributed by atoms with Crippen LogP contribution in [-0.2, 0) is 11.2 Å². The monoisotopic (exact) mass is 399 g/mol. The summed E-state index contributed by atoms with van der Waals surface area (Å²) in [6.45, 7) is 1.87. The molecule has 0 aliphatic heterocycles. The molecule has 0 spiro atoms. The molecular formula is C19H21N5OS2. The summed E-state index contributed by atoms with van der Waals surface area (Å²) in [4.78, 5) is 13.7. The summed E-state index contributed by atoms with van der Waals surface area (Å²) in [5.74, 6) is 6.74. The van der Waals surface area contributed by atoms with Crippen molar-refractivity contribution in [1.82, 2.24) is 20.2 Å². The molecule has 1 aromatic carbocycles. The minimum Gasteiger partial charge on any atom is -0.348 e. The number of benzene rings is 1. The Morgan fingerprint density at radius 3 is 3.00 bits per heavy atom. The van der Waals surface area contributed by atoms with Gasteiger partial charge < -0.3 is 11.2 Å². The van der Waals surface area contributed by atoms with Crippen molar-refractivity contribution in [3.63, 3.8) is 0 Å². The molecule has 0 bridgehead atoms. The summed E-state index contributed by atoms with van der Waals surface area (Å²) in [5, 5.41) is 13.7. The molecule has 2 heterocycles. The largest absolute Gasteiger partial charge is 0.348 e. The van der Waals surface area contributed by atoms with Crippen LogP contribution in [0.25, 0.3) is 10.7 Å². The summed E-state index contributed by atoms with van der Waals surface area (Å²) >= 11 is 2.88. The van der Waals surface area contributed by atoms with Crippen LogP contribution < -0.4 is 11.2 Å². The number of thioether (sulfide) groups is 1. The maximum Gasteiger partial charge on any atom is 0.233 e. The van der Waals surface area contributed by atoms with Crippen molar-refractivity contribution in [1.29, 1.82) is 0 Å². The van der Waals surface area contributed by atoms with Gasteiger partial charge in [0.2, 0.25) is 11.1 Å². The van der Waals surface area contributed by atoms with Crippen molar-refractivity contribution in [3.05, 3.63) is 52.9 Å². The van der Waals surface area contributed by atoms with Gasteiger partial charge in [0.15, 0.2) is 5.82 Å². The molecule has 0 unspecified atom stereocenters. The smallest absolute Gasteiger partial charge is 0.233 e. The summed E-state index contributed by atoms with van der Waals surface area (Å²) in [5.41, 5.74) is 2.56. The lowest BCUT2D eigenvalue weighted by molar-refractivity contribution is -0.121. The first-order chi connectivity index (χ1) is 13.1. The van der Waals surface area contributed by atoms with Gasteiger partial charge in [-0.05, 0) is 48.8 Å². The maximum absolute atomic E-state index is 12.7. The molecule has 0 saturated heterocycles. The zero-order valence-electron chi connectivity index (χ0n) is 15.0. The molecular weight excluding hydrogens is 378 g/mol. The van der Waals surface area contributed by atoms with E-state index >= 15 is 0 Å². The van der Waals surface area contributed by atoms with Crippen LogP contribution in [0.3, 0.4) is 0 Å². The number of thiophene rings is 1. The number of amides is 1. The lowest BCUT2D eigenvalue weighted by Gasteiger charge is -2.27. The first-order valence-electron chi connectivity index (χ1n) is 8.92. The van der Waals surface area contributed by atoms with Crippen LogP contribution in [-0.4, -0.2) is 26.0 Å². The van der Waals surface area contributed by atoms with Crippen LogP contribution in [0.5, 0.6) is 0 Å². The van der Waals surface area contributed by atoms with Gasteiger partial charge in [-0.15, -0.1) is 21.5 Å². The molecule has 1 aliphatic carbocycles. The quantitative estimate of drug-likeness (QED) is 0.507. The third kappa shape index (κ3) is 3.72. The molecule has 1 amide bonds. The van der Waals surface area contributed by atoms with Gasteiger partial charge >= 0.3 is 0 Å². The van der Waals surface area contributed by atoms with Gasteiger partial charge in [0, 0.05) is 0 Å². The molecule has 140 valence electrons. The fraction of sp³-hybridized carbons (Fsp3) is 0.316. The van der Waals surface area contributed by atoms with E-state index in [9.17, 15) is 4.79 Å². The summed E-state index contributed by atoms with van der Waals surface area (Å²) in [6, 6.07) is 12.3. The number of aromatic nitrogens is 3. The van der Waals surface area contributed by atoms with E-state index in [1.807, 2.05) is 30.5 Å². The topological polar surface area (TPSA) is 85.8 Å². The van der Waals surface area contributed by atoms with Crippen LogP contribution in [0.15, 0.2) is 46.9 Å². The number of carbonyl (C=O) groups excluding carboxylic acids is 1. The predicted molar refractivity (Wildman–Crippen MR) is 109 cm³/mol. The van der Waals surface area contributed by atoms with E-state index in [1.54, 1.807) is 11.3 Å². The van der Waals surface area contributed by atoms with E-state index < -0.39 is 0 Å². The molecule has 3 aromatic rings. The highest BCUT2D eigenvalue weighted by atomic mass is 32.2. The van der Waals surface area contributed by atoms with Crippen LogP contribution in [0.2, 0.25) is 0 Å². The van der Waals surface area contributed by atoms with Crippen molar-refractivity contribution in [2.75, 3.05) is 5.84 Å². The average molecular weight is 400 g/mol. The summed E-state index contributed by atoms with van der Waals surface area (Å²) < 4.78 is 1.45. The Morgan fingerprint density at radius 2 is 2.19 bits per heavy atom. The van der Waals surface area contributed by atoms with Gasteiger partial charge in [-0.3, -0.25) is 4.79 Å². The molecule has 2 atom stereocenters. The Bertz CT molecular complexity index is 937. The van der Waals surface area contributed by atoms with Gasteiger partial charge in [0.25, 0.3) is 0 Å². The SMILES string of the molecule is C[C@@H](Sc1nnc(-c2cccs2)n1N)C(=O)N[C@H]1CCCc2ccccc21. The zero-order valence-corrected chi connectivity index (χ0v) is 16.6. The number of fused-ring (bicyclic) bond motifs is 1. The van der Waals surface area contributed by atoms with Gasteiger partial charge in [-0.1, -0.05) is 42.1 Å². The fourth-order valence-electron chi connectivity index (χ4n) is 3.34. The van der Waals surface area contributed by atoms with E-state index in [1.165, 1.54) is 27.6 Å². The number of aryl methyl sites for hydroxylation is 1. The van der Waals surface area contributed by atoms with E-state index in [-0.39, 0.29) is 17.2 Å². The number of carbonyl (C=O) groups is 1. The Balaban J connectivity index is 1.44. The molecule has 1 aliphatic rings. The third-order valence-electron chi connectivity index (χ3n) is 4.74. The first kappa shape index (κ1) is 18.1. The van der Waals surface area contributed by atoms with Gasteiger partial charge in [0.05, 0.1) is 16.2 Å². The minimum atomic E-state index is -0.318. The van der Waals surface area contributed by atoms with Crippen molar-refractivity contribution in [2.24, 2.45) is 0 Å². The number of nitrogen functional groups attached to an aromatic ring is 1. The Hall–Kier alpha value is -2.32. The van der Waals surface area contributed by atoms with Crippen molar-refractivity contribution in [3.8, 4) is 10.7 Å². The van der Waals surface area contributed by atoms with Crippen LogP contribution in [0.1, 0.15) is 36.9 Å². The molecule has 0 radical (unpaired) electrons. The first-order valence-corrected chi connectivity index (χ1v) is 10.7. The average Bonchev–Trinajstić information content (AvgIpc) is 3.32. The normalized spacial score (nSPS) is 17.3. The lowest BCUT2D eigenvalue weighted by atomic mass is 9.88. The highest BCUT2D eigenvalue weighted by Crippen LogP contribution is 2.31. The molecule has 3 N–H and O–H groups in total. The maximum atomic E-state index is 12.7. The Kier molecular flexibility index (Phi) is 5.18. The zero-order chi connectivity index (χ0) is 18.8. The van der Waals surface area contributed by atoms with Gasteiger partial charge in [0.1, 0.15) is 0 Å². The highest BCUT2D eigenvalue weighted by Gasteiger charge is 2.25. The van der Waals surface area contributed by atoms with E-state index in [0.717, 1.165) is 24.1 Å². The molecule has 6 nitrogen and oxygen atoms in total. The third-order valence-corrected chi connectivity index (χ3v) is 6.67. The number of hydrogen-bond acceptors (Lipinski definition) is 6. The number of nitrogens with two attached hydrogens (primary N) is 1. The highest BCUT2D eigenvalue weighted by molar-refractivity contribution is 8.00. The van der Waals surface area contributed by atoms with E-state index in [0.29, 0.717) is 11.0 Å². The second-order valence-corrected chi connectivity index (χ2v) is 8.82. The minimum absolute atomic E-state index is 0.0117. The molecule has 27 heavy (non-hydrogen) atoms. The summed E-state index contributed by atoms with van der Waals surface area (Å²) in [6.07, 6.45) is 3.13. The van der Waals surface area contributed by atoms with E-state index in [4.69, 9.17) is 5.84 Å². The van der Waals surface area contributed by atoms with Crippen molar-refractivity contribution >= 4 is 29.0 Å². The van der Waals surface area contributed by atoms with Crippen LogP contribution >= 0.6 is 23.1 Å². The molecule has 0 saturated carbocycles. The number of nitrogens with zero attached hydrogens (tertiary/aromatic N) is 3.